The van der Waals surface area contributed by atoms with Gasteiger partial charge in [0.05, 0.1) is 6.04 Å². The Kier molecular flexibility index (Phi) is 8.47. The zero-order valence-electron chi connectivity index (χ0n) is 32.5. The highest BCUT2D eigenvalue weighted by Crippen LogP contribution is 2.43. The Morgan fingerprint density at radius 1 is 0.552 bits per heavy atom. The molecule has 0 saturated heterocycles. The van der Waals surface area contributed by atoms with E-state index in [1.54, 1.807) is 0 Å². The molecular formula is C55H43NO2. The summed E-state index contributed by atoms with van der Waals surface area (Å²) in [6.07, 6.45) is 21.7. The molecule has 0 N–H and O–H groups in total. The van der Waals surface area contributed by atoms with Crippen LogP contribution in [-0.4, -0.2) is 6.04 Å². The van der Waals surface area contributed by atoms with Gasteiger partial charge in [-0.2, -0.15) is 0 Å². The third-order valence-electron chi connectivity index (χ3n) is 12.4. The number of fused-ring (bicyclic) bond motifs is 6. The summed E-state index contributed by atoms with van der Waals surface area (Å²) in [6, 6.07) is 50.7. The monoisotopic (exact) mass is 749 g/mol. The number of para-hydroxylation sites is 3. The van der Waals surface area contributed by atoms with Gasteiger partial charge < -0.3 is 13.7 Å². The lowest BCUT2D eigenvalue weighted by atomic mass is 9.83. The second kappa shape index (κ2) is 14.3. The van der Waals surface area contributed by atoms with Crippen LogP contribution in [0.5, 0.6) is 0 Å². The van der Waals surface area contributed by atoms with E-state index >= 15 is 0 Å². The Morgan fingerprint density at radius 3 is 2.10 bits per heavy atom. The molecule has 6 aromatic carbocycles. The topological polar surface area (TPSA) is 29.5 Å². The molecule has 3 unspecified atom stereocenters. The van der Waals surface area contributed by atoms with Crippen molar-refractivity contribution in [1.82, 2.24) is 0 Å². The number of nitrogens with zero attached hydrogens (tertiary/aromatic N) is 1. The highest BCUT2D eigenvalue weighted by Gasteiger charge is 2.27. The Bertz CT molecular complexity index is 3000. The third-order valence-corrected chi connectivity index (χ3v) is 12.4. The van der Waals surface area contributed by atoms with E-state index in [4.69, 9.17) is 8.83 Å². The number of allylic oxidation sites excluding steroid dienone is 7. The van der Waals surface area contributed by atoms with Gasteiger partial charge in [0.1, 0.15) is 22.5 Å². The first-order valence-corrected chi connectivity index (χ1v) is 20.6. The fourth-order valence-corrected chi connectivity index (χ4v) is 9.40. The van der Waals surface area contributed by atoms with Gasteiger partial charge in [0.2, 0.25) is 0 Å². The number of anilines is 2. The van der Waals surface area contributed by atoms with Crippen LogP contribution in [-0.2, 0) is 6.42 Å². The van der Waals surface area contributed by atoms with Crippen LogP contribution in [0.15, 0.2) is 202 Å². The standard InChI is InChI=1S/C55H43NO2/c1-36-32-39(37-12-4-2-5-13-37)23-29-51(36)56(43-14-6-3-7-15-43)44-26-20-38(21-27-44)48-33-40(41-24-30-54-49(34-41)46-16-8-10-18-52(46)57-54)22-28-45(48)42-25-31-55-50(35-42)47-17-9-11-19-53(47)58-55/h3-4,6-33,35-36,41,51H,2,5,34H2,1H3. The molecule has 0 amide bonds. The quantitative estimate of drug-likeness (QED) is 0.162. The van der Waals surface area contributed by atoms with E-state index in [9.17, 15) is 0 Å². The van der Waals surface area contributed by atoms with Gasteiger partial charge in [-0.15, -0.1) is 0 Å². The van der Waals surface area contributed by atoms with Crippen LogP contribution in [0.2, 0.25) is 0 Å². The lowest BCUT2D eigenvalue weighted by molar-refractivity contribution is 0.591. The maximum Gasteiger partial charge on any atom is 0.135 e. The molecule has 280 valence electrons. The number of hydrogen-bond donors (Lipinski definition) is 0. The van der Waals surface area contributed by atoms with Crippen molar-refractivity contribution in [2.75, 3.05) is 4.90 Å². The molecule has 2 heterocycles. The molecule has 0 aliphatic heterocycles. The van der Waals surface area contributed by atoms with Crippen LogP contribution >= 0.6 is 0 Å². The first kappa shape index (κ1) is 34.4. The molecule has 3 aliphatic rings. The molecule has 0 radical (unpaired) electrons. The summed E-state index contributed by atoms with van der Waals surface area (Å²) in [7, 11) is 0. The summed E-state index contributed by atoms with van der Waals surface area (Å²) >= 11 is 0. The molecule has 3 aliphatic carbocycles. The fourth-order valence-electron chi connectivity index (χ4n) is 9.40. The highest BCUT2D eigenvalue weighted by atomic mass is 16.3. The molecule has 3 atom stereocenters. The zero-order chi connectivity index (χ0) is 38.6. The Hall–Kier alpha value is -6.84. The van der Waals surface area contributed by atoms with Crippen molar-refractivity contribution in [3.8, 4) is 22.3 Å². The molecule has 11 rings (SSSR count). The molecule has 3 nitrogen and oxygen atoms in total. The lowest BCUT2D eigenvalue weighted by Crippen LogP contribution is -2.35. The van der Waals surface area contributed by atoms with Crippen LogP contribution in [0.1, 0.15) is 42.6 Å². The van der Waals surface area contributed by atoms with Crippen LogP contribution < -0.4 is 4.90 Å². The summed E-state index contributed by atoms with van der Waals surface area (Å²) in [5.74, 6) is 1.52. The van der Waals surface area contributed by atoms with Crippen molar-refractivity contribution in [3.63, 3.8) is 0 Å². The van der Waals surface area contributed by atoms with Gasteiger partial charge in [-0.3, -0.25) is 0 Å². The van der Waals surface area contributed by atoms with Crippen molar-refractivity contribution in [2.45, 2.75) is 38.1 Å². The van der Waals surface area contributed by atoms with Crippen LogP contribution in [0.3, 0.4) is 0 Å². The molecule has 3 heteroatoms. The molecule has 2 aromatic heterocycles. The van der Waals surface area contributed by atoms with Gasteiger partial charge >= 0.3 is 0 Å². The number of furan rings is 2. The number of rotatable bonds is 7. The predicted octanol–water partition coefficient (Wildman–Crippen LogP) is 14.9. The summed E-state index contributed by atoms with van der Waals surface area (Å²) in [4.78, 5) is 2.50. The lowest BCUT2D eigenvalue weighted by Gasteiger charge is -2.37. The molecular weight excluding hydrogens is 707 g/mol. The Balaban J connectivity index is 0.996. The van der Waals surface area contributed by atoms with E-state index in [0.29, 0.717) is 5.92 Å². The maximum atomic E-state index is 6.24. The third kappa shape index (κ3) is 6.06. The minimum Gasteiger partial charge on any atom is -0.456 e. The van der Waals surface area contributed by atoms with Crippen LogP contribution in [0, 0.1) is 5.92 Å². The van der Waals surface area contributed by atoms with Crippen molar-refractivity contribution in [2.24, 2.45) is 5.92 Å². The van der Waals surface area contributed by atoms with E-state index in [1.165, 1.54) is 61.3 Å². The first-order chi connectivity index (χ1) is 28.6. The Morgan fingerprint density at radius 2 is 1.29 bits per heavy atom. The van der Waals surface area contributed by atoms with Gasteiger partial charge in [-0.25, -0.2) is 0 Å². The van der Waals surface area contributed by atoms with E-state index in [-0.39, 0.29) is 12.0 Å². The van der Waals surface area contributed by atoms with E-state index in [1.807, 2.05) is 18.2 Å². The smallest absolute Gasteiger partial charge is 0.135 e. The molecule has 0 saturated carbocycles. The summed E-state index contributed by atoms with van der Waals surface area (Å²) in [6.45, 7) is 2.35. The minimum absolute atomic E-state index is 0.169. The highest BCUT2D eigenvalue weighted by molar-refractivity contribution is 6.06. The first-order valence-electron chi connectivity index (χ1n) is 20.6. The van der Waals surface area contributed by atoms with Crippen molar-refractivity contribution in [1.29, 1.82) is 0 Å². The molecule has 0 bridgehead atoms. The average molecular weight is 750 g/mol. The van der Waals surface area contributed by atoms with Gasteiger partial charge in [0, 0.05) is 39.0 Å². The second-order valence-electron chi connectivity index (χ2n) is 15.9. The van der Waals surface area contributed by atoms with Crippen molar-refractivity contribution in [3.05, 3.63) is 210 Å². The molecule has 0 spiro atoms. The number of benzene rings is 6. The summed E-state index contributed by atoms with van der Waals surface area (Å²) < 4.78 is 12.5. The SMILES string of the molecule is CC1C=C(C2=CCCC=C2)C=CC1N(c1ccccc1)c1ccc(-c2cc(C3C=Cc4oc5ccccc5c4C3)ccc2-c2ccc3oc4ccccc4c3c2)cc1. The van der Waals surface area contributed by atoms with Crippen molar-refractivity contribution >= 4 is 50.4 Å². The predicted molar refractivity (Wildman–Crippen MR) is 241 cm³/mol. The molecule has 58 heavy (non-hydrogen) atoms. The minimum atomic E-state index is 0.169. The molecule has 0 fully saturated rings. The van der Waals surface area contributed by atoms with Gasteiger partial charge in [0.15, 0.2) is 0 Å². The van der Waals surface area contributed by atoms with Gasteiger partial charge in [-0.1, -0.05) is 134 Å². The zero-order valence-corrected chi connectivity index (χ0v) is 32.5. The van der Waals surface area contributed by atoms with Crippen LogP contribution in [0.4, 0.5) is 11.4 Å². The maximum absolute atomic E-state index is 6.24. The van der Waals surface area contributed by atoms with Gasteiger partial charge in [-0.05, 0) is 125 Å². The Labute approximate surface area is 339 Å². The largest absolute Gasteiger partial charge is 0.456 e. The normalized spacial score (nSPS) is 18.7. The summed E-state index contributed by atoms with van der Waals surface area (Å²) in [5, 5.41) is 3.48. The fraction of sp³-hybridized carbons (Fsp3) is 0.127. The number of hydrogen-bond acceptors (Lipinski definition) is 3. The summed E-state index contributed by atoms with van der Waals surface area (Å²) in [5.41, 5.74) is 15.1. The van der Waals surface area contributed by atoms with E-state index in [0.717, 1.165) is 52.5 Å². The van der Waals surface area contributed by atoms with Crippen LogP contribution in [0.25, 0.3) is 61.2 Å². The van der Waals surface area contributed by atoms with Gasteiger partial charge in [0.25, 0.3) is 0 Å². The van der Waals surface area contributed by atoms with E-state index < -0.39 is 0 Å². The average Bonchev–Trinajstić information content (AvgIpc) is 3.85. The molecule has 8 aromatic rings. The van der Waals surface area contributed by atoms with Crippen molar-refractivity contribution < 1.29 is 8.83 Å². The van der Waals surface area contributed by atoms with E-state index in [2.05, 4.69) is 182 Å². The second-order valence-corrected chi connectivity index (χ2v) is 15.9.